The SMILES string of the molecule is CC/C=C/c1c(C)noc1C. The van der Waals surface area contributed by atoms with Gasteiger partial charge in [0, 0.05) is 5.56 Å². The third-order valence-corrected chi connectivity index (χ3v) is 1.61. The van der Waals surface area contributed by atoms with Crippen LogP contribution in [0.2, 0.25) is 0 Å². The summed E-state index contributed by atoms with van der Waals surface area (Å²) in [6, 6.07) is 0. The van der Waals surface area contributed by atoms with E-state index in [0.717, 1.165) is 23.4 Å². The minimum Gasteiger partial charge on any atom is -0.361 e. The van der Waals surface area contributed by atoms with Gasteiger partial charge in [-0.25, -0.2) is 0 Å². The Bertz CT molecular complexity index is 241. The van der Waals surface area contributed by atoms with Crippen molar-refractivity contribution in [3.05, 3.63) is 23.1 Å². The largest absolute Gasteiger partial charge is 0.361 e. The van der Waals surface area contributed by atoms with E-state index < -0.39 is 0 Å². The summed E-state index contributed by atoms with van der Waals surface area (Å²) in [5.41, 5.74) is 2.08. The van der Waals surface area contributed by atoms with Crippen molar-refractivity contribution in [3.8, 4) is 0 Å². The normalized spacial score (nSPS) is 11.2. The smallest absolute Gasteiger partial charge is 0.141 e. The lowest BCUT2D eigenvalue weighted by molar-refractivity contribution is 0.393. The second-order valence-corrected chi connectivity index (χ2v) is 2.55. The van der Waals surface area contributed by atoms with E-state index in [0.29, 0.717) is 0 Å². The van der Waals surface area contributed by atoms with Crippen molar-refractivity contribution in [2.45, 2.75) is 27.2 Å². The van der Waals surface area contributed by atoms with Gasteiger partial charge in [-0.05, 0) is 20.3 Å². The van der Waals surface area contributed by atoms with Crippen LogP contribution in [-0.4, -0.2) is 5.16 Å². The number of allylic oxidation sites excluding steroid dienone is 1. The first-order chi connectivity index (χ1) is 5.25. The van der Waals surface area contributed by atoms with Crippen molar-refractivity contribution in [2.75, 3.05) is 0 Å². The van der Waals surface area contributed by atoms with Gasteiger partial charge in [0.05, 0.1) is 5.69 Å². The summed E-state index contributed by atoms with van der Waals surface area (Å²) in [5.74, 6) is 0.896. The standard InChI is InChI=1S/C9H13NO/c1-4-5-6-9-7(2)10-11-8(9)3/h5-6H,4H2,1-3H3/b6-5+. The summed E-state index contributed by atoms with van der Waals surface area (Å²) in [5, 5.41) is 3.84. The Balaban J connectivity index is 2.92. The lowest BCUT2D eigenvalue weighted by Crippen LogP contribution is -1.75. The Kier molecular flexibility index (Phi) is 2.47. The molecule has 0 fully saturated rings. The van der Waals surface area contributed by atoms with Gasteiger partial charge in [-0.1, -0.05) is 24.2 Å². The van der Waals surface area contributed by atoms with E-state index >= 15 is 0 Å². The maximum Gasteiger partial charge on any atom is 0.141 e. The number of hydrogen-bond donors (Lipinski definition) is 0. The zero-order chi connectivity index (χ0) is 8.27. The van der Waals surface area contributed by atoms with Crippen molar-refractivity contribution < 1.29 is 4.52 Å². The molecule has 2 nitrogen and oxygen atoms in total. The van der Waals surface area contributed by atoms with Crippen LogP contribution in [0.1, 0.15) is 30.4 Å². The highest BCUT2D eigenvalue weighted by molar-refractivity contribution is 5.52. The zero-order valence-corrected chi connectivity index (χ0v) is 7.22. The number of rotatable bonds is 2. The van der Waals surface area contributed by atoms with Crippen molar-refractivity contribution >= 4 is 6.08 Å². The molecule has 0 spiro atoms. The summed E-state index contributed by atoms with van der Waals surface area (Å²) >= 11 is 0. The molecule has 1 heterocycles. The molecule has 0 aliphatic heterocycles. The second-order valence-electron chi connectivity index (χ2n) is 2.55. The maximum atomic E-state index is 4.99. The van der Waals surface area contributed by atoms with Crippen LogP contribution in [0.4, 0.5) is 0 Å². The fraction of sp³-hybridized carbons (Fsp3) is 0.444. The van der Waals surface area contributed by atoms with Crippen LogP contribution in [-0.2, 0) is 0 Å². The molecule has 0 saturated heterocycles. The molecule has 0 N–H and O–H groups in total. The number of hydrogen-bond acceptors (Lipinski definition) is 2. The zero-order valence-electron chi connectivity index (χ0n) is 7.22. The Morgan fingerprint density at radius 3 is 2.64 bits per heavy atom. The molecule has 1 aromatic heterocycles. The van der Waals surface area contributed by atoms with Gasteiger partial charge in [0.25, 0.3) is 0 Å². The molecule has 0 saturated carbocycles. The second kappa shape index (κ2) is 3.37. The lowest BCUT2D eigenvalue weighted by atomic mass is 10.2. The van der Waals surface area contributed by atoms with Gasteiger partial charge in [-0.15, -0.1) is 0 Å². The molecule has 1 rings (SSSR count). The molecule has 1 aromatic rings. The van der Waals surface area contributed by atoms with Gasteiger partial charge >= 0.3 is 0 Å². The number of aryl methyl sites for hydroxylation is 2. The Morgan fingerprint density at radius 2 is 2.18 bits per heavy atom. The van der Waals surface area contributed by atoms with Crippen LogP contribution in [0.3, 0.4) is 0 Å². The predicted octanol–water partition coefficient (Wildman–Crippen LogP) is 2.71. The molecule has 60 valence electrons. The molecular weight excluding hydrogens is 138 g/mol. The topological polar surface area (TPSA) is 26.0 Å². The van der Waals surface area contributed by atoms with E-state index in [4.69, 9.17) is 4.52 Å². The van der Waals surface area contributed by atoms with Gasteiger partial charge in [0.1, 0.15) is 5.76 Å². The van der Waals surface area contributed by atoms with Crippen LogP contribution < -0.4 is 0 Å². The van der Waals surface area contributed by atoms with Crippen LogP contribution in [0.15, 0.2) is 10.6 Å². The van der Waals surface area contributed by atoms with Crippen molar-refractivity contribution in [3.63, 3.8) is 0 Å². The van der Waals surface area contributed by atoms with E-state index in [2.05, 4.69) is 24.2 Å². The Hall–Kier alpha value is -1.05. The van der Waals surface area contributed by atoms with Gasteiger partial charge in [-0.2, -0.15) is 0 Å². The summed E-state index contributed by atoms with van der Waals surface area (Å²) in [4.78, 5) is 0. The van der Waals surface area contributed by atoms with Gasteiger partial charge in [-0.3, -0.25) is 0 Å². The average molecular weight is 151 g/mol. The van der Waals surface area contributed by atoms with Gasteiger partial charge < -0.3 is 4.52 Å². The average Bonchev–Trinajstić information content (AvgIpc) is 2.29. The van der Waals surface area contributed by atoms with E-state index in [1.54, 1.807) is 0 Å². The number of nitrogens with zero attached hydrogens (tertiary/aromatic N) is 1. The van der Waals surface area contributed by atoms with E-state index in [-0.39, 0.29) is 0 Å². The molecule has 0 unspecified atom stereocenters. The molecule has 0 atom stereocenters. The van der Waals surface area contributed by atoms with Gasteiger partial charge in [0.15, 0.2) is 0 Å². The van der Waals surface area contributed by atoms with Crippen molar-refractivity contribution in [1.82, 2.24) is 5.16 Å². The monoisotopic (exact) mass is 151 g/mol. The fourth-order valence-corrected chi connectivity index (χ4v) is 0.964. The predicted molar refractivity (Wildman–Crippen MR) is 45.3 cm³/mol. The minimum absolute atomic E-state index is 0.896. The first kappa shape index (κ1) is 8.05. The van der Waals surface area contributed by atoms with Crippen LogP contribution in [0.5, 0.6) is 0 Å². The third kappa shape index (κ3) is 1.70. The highest BCUT2D eigenvalue weighted by Crippen LogP contribution is 2.13. The highest BCUT2D eigenvalue weighted by Gasteiger charge is 2.03. The highest BCUT2D eigenvalue weighted by atomic mass is 16.5. The number of aromatic nitrogens is 1. The Labute approximate surface area is 66.9 Å². The van der Waals surface area contributed by atoms with E-state index in [1.165, 1.54) is 0 Å². The van der Waals surface area contributed by atoms with Crippen molar-refractivity contribution in [2.24, 2.45) is 0 Å². The lowest BCUT2D eigenvalue weighted by Gasteiger charge is -1.86. The molecular formula is C9H13NO. The third-order valence-electron chi connectivity index (χ3n) is 1.61. The first-order valence-electron chi connectivity index (χ1n) is 3.85. The van der Waals surface area contributed by atoms with Crippen LogP contribution in [0, 0.1) is 13.8 Å². The maximum absolute atomic E-state index is 4.99. The Morgan fingerprint density at radius 1 is 1.45 bits per heavy atom. The molecule has 0 bridgehead atoms. The quantitative estimate of drug-likeness (QED) is 0.649. The van der Waals surface area contributed by atoms with E-state index in [9.17, 15) is 0 Å². The summed E-state index contributed by atoms with van der Waals surface area (Å²) in [6.45, 7) is 5.98. The van der Waals surface area contributed by atoms with Crippen LogP contribution in [0.25, 0.3) is 6.08 Å². The molecule has 0 aliphatic carbocycles. The molecule has 0 amide bonds. The summed E-state index contributed by atoms with van der Waals surface area (Å²) in [6.07, 6.45) is 5.21. The molecule has 0 radical (unpaired) electrons. The molecule has 11 heavy (non-hydrogen) atoms. The first-order valence-corrected chi connectivity index (χ1v) is 3.85. The summed E-state index contributed by atoms with van der Waals surface area (Å²) < 4.78 is 4.99. The van der Waals surface area contributed by atoms with Gasteiger partial charge in [0.2, 0.25) is 0 Å². The van der Waals surface area contributed by atoms with Crippen LogP contribution >= 0.6 is 0 Å². The van der Waals surface area contributed by atoms with Crippen molar-refractivity contribution in [1.29, 1.82) is 0 Å². The molecule has 2 heteroatoms. The molecule has 0 aromatic carbocycles. The fourth-order valence-electron chi connectivity index (χ4n) is 0.964. The van der Waals surface area contributed by atoms with E-state index in [1.807, 2.05) is 13.8 Å². The summed E-state index contributed by atoms with van der Waals surface area (Å²) in [7, 11) is 0. The molecule has 0 aliphatic rings. The minimum atomic E-state index is 0.896.